The summed E-state index contributed by atoms with van der Waals surface area (Å²) < 4.78 is 7.41. The molecular formula is C38H46ClN7O4. The Hall–Kier alpha value is -4.22. The van der Waals surface area contributed by atoms with E-state index in [0.717, 1.165) is 48.7 Å². The van der Waals surface area contributed by atoms with E-state index in [1.165, 1.54) is 4.68 Å². The number of halogens is 1. The minimum Gasteiger partial charge on any atom is -0.380 e. The molecule has 2 aromatic heterocycles. The summed E-state index contributed by atoms with van der Waals surface area (Å²) in [6.45, 7) is 5.53. The van der Waals surface area contributed by atoms with E-state index in [1.54, 1.807) is 19.3 Å². The van der Waals surface area contributed by atoms with Crippen molar-refractivity contribution in [2.75, 3.05) is 19.8 Å². The van der Waals surface area contributed by atoms with Gasteiger partial charge in [0.05, 0.1) is 29.1 Å². The van der Waals surface area contributed by atoms with Gasteiger partial charge in [0.25, 0.3) is 5.91 Å². The van der Waals surface area contributed by atoms with Crippen LogP contribution in [0.3, 0.4) is 0 Å². The highest BCUT2D eigenvalue weighted by Gasteiger charge is 2.47. The number of hydrogen-bond donors (Lipinski definition) is 4. The van der Waals surface area contributed by atoms with E-state index in [2.05, 4.69) is 39.9 Å². The summed E-state index contributed by atoms with van der Waals surface area (Å²) >= 11 is 6.76. The summed E-state index contributed by atoms with van der Waals surface area (Å²) in [4.78, 5) is 49.8. The Bertz CT molecular complexity index is 1870. The summed E-state index contributed by atoms with van der Waals surface area (Å²) in [6, 6.07) is 14.0. The number of carbonyl (C=O) groups excluding carboxylic acids is 3. The number of ether oxygens (including phenoxy) is 1. The number of imidazole rings is 1. The second-order valence-corrected chi connectivity index (χ2v) is 15.1. The number of aryl methyl sites for hydroxylation is 1. The first-order valence-corrected chi connectivity index (χ1v) is 18.2. The van der Waals surface area contributed by atoms with Crippen LogP contribution in [0.1, 0.15) is 91.8 Å². The molecule has 4 aromatic rings. The van der Waals surface area contributed by atoms with Crippen LogP contribution in [0.25, 0.3) is 11.0 Å². The fourth-order valence-electron chi connectivity index (χ4n) is 7.51. The van der Waals surface area contributed by atoms with Crippen molar-refractivity contribution in [3.63, 3.8) is 0 Å². The number of fused-ring (bicyclic) bond motifs is 1. The number of aromatic nitrogens is 4. The van der Waals surface area contributed by atoms with Crippen LogP contribution in [0.15, 0.2) is 54.7 Å². The van der Waals surface area contributed by atoms with Crippen LogP contribution in [-0.4, -0.2) is 63.3 Å². The van der Waals surface area contributed by atoms with Gasteiger partial charge < -0.3 is 25.7 Å². The highest BCUT2D eigenvalue weighted by Crippen LogP contribution is 2.41. The van der Waals surface area contributed by atoms with Crippen LogP contribution in [0.2, 0.25) is 5.02 Å². The third kappa shape index (κ3) is 6.77. The fraction of sp³-hybridized carbons (Fsp3) is 0.500. The van der Waals surface area contributed by atoms with Crippen LogP contribution in [0.5, 0.6) is 0 Å². The molecule has 0 radical (unpaired) electrons. The lowest BCUT2D eigenvalue weighted by molar-refractivity contribution is -0.134. The maximum atomic E-state index is 14.3. The number of H-pyrrole nitrogens is 1. The van der Waals surface area contributed by atoms with Crippen LogP contribution >= 0.6 is 11.6 Å². The molecule has 3 aliphatic rings. The Morgan fingerprint density at radius 1 is 1.08 bits per heavy atom. The minimum absolute atomic E-state index is 0.0724. The van der Waals surface area contributed by atoms with Gasteiger partial charge in [0.1, 0.15) is 17.6 Å². The zero-order valence-corrected chi connectivity index (χ0v) is 29.6. The summed E-state index contributed by atoms with van der Waals surface area (Å²) in [5.41, 5.74) is 2.60. The van der Waals surface area contributed by atoms with Gasteiger partial charge in [0.15, 0.2) is 0 Å². The second kappa shape index (κ2) is 14.2. The Morgan fingerprint density at radius 3 is 2.52 bits per heavy atom. The number of carbonyl (C=O) groups is 3. The molecule has 3 heterocycles. The molecule has 2 aromatic carbocycles. The van der Waals surface area contributed by atoms with Crippen molar-refractivity contribution in [3.05, 3.63) is 82.4 Å². The van der Waals surface area contributed by atoms with Gasteiger partial charge in [-0.1, -0.05) is 56.1 Å². The lowest BCUT2D eigenvalue weighted by Crippen LogP contribution is -2.57. The molecule has 12 heteroatoms. The average molecular weight is 700 g/mol. The van der Waals surface area contributed by atoms with Crippen molar-refractivity contribution in [3.8, 4) is 0 Å². The molecule has 50 heavy (non-hydrogen) atoms. The summed E-state index contributed by atoms with van der Waals surface area (Å²) in [5.74, 6) is 0.558. The summed E-state index contributed by atoms with van der Waals surface area (Å²) in [5, 5.41) is 14.3. The molecule has 11 nitrogen and oxygen atoms in total. The Balaban J connectivity index is 1.22. The number of hydrogen-bond acceptors (Lipinski definition) is 6. The van der Waals surface area contributed by atoms with Crippen LogP contribution < -0.4 is 16.0 Å². The van der Waals surface area contributed by atoms with Crippen LogP contribution in [-0.2, 0) is 26.8 Å². The molecule has 3 amide bonds. The van der Waals surface area contributed by atoms with Crippen molar-refractivity contribution in [2.45, 2.75) is 75.8 Å². The highest BCUT2D eigenvalue weighted by atomic mass is 35.5. The minimum atomic E-state index is -0.955. The number of nitrogens with one attached hydrogen (secondary N) is 4. The number of nitrogens with zero attached hydrogens (tertiary/aromatic N) is 3. The molecule has 4 atom stereocenters. The van der Waals surface area contributed by atoms with Gasteiger partial charge in [-0.15, -0.1) is 0 Å². The van der Waals surface area contributed by atoms with Crippen molar-refractivity contribution < 1.29 is 19.1 Å². The molecule has 7 rings (SSSR count). The second-order valence-electron chi connectivity index (χ2n) is 14.7. The summed E-state index contributed by atoms with van der Waals surface area (Å²) in [7, 11) is 1.73. The standard InChI is InChI=1S/C38H46ClN7O4/c1-22(2)31(26-9-4-5-10-27(26)39)33(44-35(47)30-15-17-41-46(30)3)34-42-28-14-13-25(19-29(28)43-34)38(16-18-50-21-38)37(49)45-32(24-7-6-8-24)36(48)40-20-23-11-12-23/h4-5,9-10,13-15,17,19,22-24,31-33H,6-8,11-12,16,18,20-21H2,1-3H3,(H,40,48)(H,42,43)(H,44,47)(H,45,49)/t31-,32+,33-,38?/m0/s1. The molecule has 1 aliphatic heterocycles. The molecular weight excluding hydrogens is 654 g/mol. The lowest BCUT2D eigenvalue weighted by atomic mass is 9.76. The van der Waals surface area contributed by atoms with E-state index in [0.29, 0.717) is 47.5 Å². The van der Waals surface area contributed by atoms with E-state index in [9.17, 15) is 14.4 Å². The zero-order chi connectivity index (χ0) is 35.0. The molecule has 1 unspecified atom stereocenters. The Morgan fingerprint density at radius 2 is 1.88 bits per heavy atom. The van der Waals surface area contributed by atoms with E-state index in [4.69, 9.17) is 21.3 Å². The van der Waals surface area contributed by atoms with Gasteiger partial charge in [-0.05, 0) is 85.3 Å². The predicted molar refractivity (Wildman–Crippen MR) is 191 cm³/mol. The average Bonchev–Trinajstić information content (AvgIpc) is 3.41. The summed E-state index contributed by atoms with van der Waals surface area (Å²) in [6.07, 6.45) is 7.31. The number of benzene rings is 2. The maximum absolute atomic E-state index is 14.3. The van der Waals surface area contributed by atoms with Crippen LogP contribution in [0, 0.1) is 17.8 Å². The Kier molecular flexibility index (Phi) is 9.72. The molecule has 2 aliphatic carbocycles. The number of rotatable bonds is 13. The van der Waals surface area contributed by atoms with Gasteiger partial charge in [-0.3, -0.25) is 19.1 Å². The van der Waals surface area contributed by atoms with Crippen molar-refractivity contribution in [1.29, 1.82) is 0 Å². The fourth-order valence-corrected chi connectivity index (χ4v) is 7.77. The van der Waals surface area contributed by atoms with Crippen molar-refractivity contribution in [2.24, 2.45) is 24.8 Å². The first-order valence-electron chi connectivity index (χ1n) is 17.8. The van der Waals surface area contributed by atoms with Gasteiger partial charge in [-0.2, -0.15) is 5.10 Å². The third-order valence-electron chi connectivity index (χ3n) is 10.9. The molecule has 2 saturated carbocycles. The van der Waals surface area contributed by atoms with Gasteiger partial charge in [0.2, 0.25) is 11.8 Å². The first-order chi connectivity index (χ1) is 24.1. The molecule has 264 valence electrons. The molecule has 1 saturated heterocycles. The molecule has 0 spiro atoms. The predicted octanol–water partition coefficient (Wildman–Crippen LogP) is 5.33. The van der Waals surface area contributed by atoms with E-state index in [-0.39, 0.29) is 42.1 Å². The van der Waals surface area contributed by atoms with Crippen LogP contribution in [0.4, 0.5) is 0 Å². The van der Waals surface area contributed by atoms with Gasteiger partial charge >= 0.3 is 0 Å². The monoisotopic (exact) mass is 699 g/mol. The molecule has 3 fully saturated rings. The Labute approximate surface area is 297 Å². The molecule has 0 bridgehead atoms. The third-order valence-corrected chi connectivity index (χ3v) is 11.3. The zero-order valence-electron chi connectivity index (χ0n) is 28.9. The first kappa shape index (κ1) is 34.2. The molecule has 4 N–H and O–H groups in total. The largest absolute Gasteiger partial charge is 0.380 e. The topological polar surface area (TPSA) is 143 Å². The van der Waals surface area contributed by atoms with Gasteiger partial charge in [0, 0.05) is 37.3 Å². The quantitative estimate of drug-likeness (QED) is 0.149. The SMILES string of the molecule is CC(C)[C@@H](c1ccccc1Cl)[C@H](NC(=O)c1ccnn1C)c1nc2ccc(C3(C(=O)N[C@@H](C(=O)NCC4CC4)C4CCC4)CCOC3)cc2[nH]1. The van der Waals surface area contributed by atoms with Gasteiger partial charge in [-0.25, -0.2) is 4.98 Å². The smallest absolute Gasteiger partial charge is 0.270 e. The van der Waals surface area contributed by atoms with E-state index >= 15 is 0 Å². The van der Waals surface area contributed by atoms with Crippen molar-refractivity contribution in [1.82, 2.24) is 35.7 Å². The lowest BCUT2D eigenvalue weighted by Gasteiger charge is -2.36. The normalized spacial score (nSPS) is 21.1. The number of aromatic amines is 1. The number of amides is 3. The van der Waals surface area contributed by atoms with E-state index < -0.39 is 17.5 Å². The highest BCUT2D eigenvalue weighted by molar-refractivity contribution is 6.31. The maximum Gasteiger partial charge on any atom is 0.270 e. The van der Waals surface area contributed by atoms with Crippen molar-refractivity contribution >= 4 is 40.4 Å². The van der Waals surface area contributed by atoms with E-state index in [1.807, 2.05) is 42.5 Å².